The van der Waals surface area contributed by atoms with Crippen molar-refractivity contribution >= 4 is 23.5 Å². The first kappa shape index (κ1) is 16.1. The standard InChI is InChI=1S/C20H17ClN2O/c1-15-10-11-17(13-20(15)21)23-22-14-16-6-5-9-19(12-16)24-18-7-3-2-4-8-18/h2-14,23H,1H3/b22-14-. The molecule has 0 amide bonds. The highest BCUT2D eigenvalue weighted by Crippen LogP contribution is 2.22. The van der Waals surface area contributed by atoms with Gasteiger partial charge < -0.3 is 4.74 Å². The zero-order chi connectivity index (χ0) is 16.8. The van der Waals surface area contributed by atoms with E-state index in [0.717, 1.165) is 28.3 Å². The molecule has 0 fully saturated rings. The van der Waals surface area contributed by atoms with Gasteiger partial charge in [-0.25, -0.2) is 0 Å². The lowest BCUT2D eigenvalue weighted by Crippen LogP contribution is -1.92. The van der Waals surface area contributed by atoms with Crippen molar-refractivity contribution < 1.29 is 4.74 Å². The van der Waals surface area contributed by atoms with Crippen LogP contribution < -0.4 is 10.2 Å². The van der Waals surface area contributed by atoms with E-state index in [1.165, 1.54) is 0 Å². The van der Waals surface area contributed by atoms with Gasteiger partial charge in [0.25, 0.3) is 0 Å². The molecule has 0 aliphatic rings. The van der Waals surface area contributed by atoms with Crippen LogP contribution in [0.4, 0.5) is 5.69 Å². The van der Waals surface area contributed by atoms with Crippen LogP contribution in [0.2, 0.25) is 5.02 Å². The van der Waals surface area contributed by atoms with Crippen LogP contribution >= 0.6 is 11.6 Å². The van der Waals surface area contributed by atoms with Crippen LogP contribution in [0.5, 0.6) is 11.5 Å². The first-order chi connectivity index (χ1) is 11.7. The quantitative estimate of drug-likeness (QED) is 0.465. The number of hydrogen-bond acceptors (Lipinski definition) is 3. The van der Waals surface area contributed by atoms with Crippen molar-refractivity contribution in [2.24, 2.45) is 5.10 Å². The fraction of sp³-hybridized carbons (Fsp3) is 0.0500. The van der Waals surface area contributed by atoms with E-state index in [1.807, 2.05) is 79.7 Å². The van der Waals surface area contributed by atoms with Crippen molar-refractivity contribution in [2.75, 3.05) is 5.43 Å². The maximum Gasteiger partial charge on any atom is 0.128 e. The van der Waals surface area contributed by atoms with Crippen molar-refractivity contribution in [2.45, 2.75) is 6.92 Å². The summed E-state index contributed by atoms with van der Waals surface area (Å²) in [5.74, 6) is 1.57. The smallest absolute Gasteiger partial charge is 0.128 e. The lowest BCUT2D eigenvalue weighted by Gasteiger charge is -2.06. The molecule has 0 saturated heterocycles. The van der Waals surface area contributed by atoms with E-state index in [2.05, 4.69) is 10.5 Å². The Morgan fingerprint density at radius 3 is 2.50 bits per heavy atom. The van der Waals surface area contributed by atoms with E-state index in [4.69, 9.17) is 16.3 Å². The molecular weight excluding hydrogens is 320 g/mol. The second-order valence-electron chi connectivity index (χ2n) is 5.32. The molecule has 3 rings (SSSR count). The number of ether oxygens (including phenoxy) is 1. The van der Waals surface area contributed by atoms with E-state index in [0.29, 0.717) is 5.02 Å². The van der Waals surface area contributed by atoms with E-state index in [1.54, 1.807) is 6.21 Å². The number of aryl methyl sites for hydroxylation is 1. The lowest BCUT2D eigenvalue weighted by molar-refractivity contribution is 0.482. The predicted molar refractivity (Wildman–Crippen MR) is 100 cm³/mol. The highest BCUT2D eigenvalue weighted by atomic mass is 35.5. The average molecular weight is 337 g/mol. The molecule has 0 radical (unpaired) electrons. The SMILES string of the molecule is Cc1ccc(N/N=C\c2cccc(Oc3ccccc3)c2)cc1Cl. The van der Waals surface area contributed by atoms with Crippen LogP contribution in [0.3, 0.4) is 0 Å². The largest absolute Gasteiger partial charge is 0.457 e. The number of halogens is 1. The van der Waals surface area contributed by atoms with Gasteiger partial charge >= 0.3 is 0 Å². The van der Waals surface area contributed by atoms with Crippen molar-refractivity contribution in [3.05, 3.63) is 88.9 Å². The van der Waals surface area contributed by atoms with Crippen LogP contribution in [0, 0.1) is 6.92 Å². The van der Waals surface area contributed by atoms with Gasteiger partial charge in [0.1, 0.15) is 11.5 Å². The third-order valence-corrected chi connectivity index (χ3v) is 3.82. The molecule has 0 aliphatic carbocycles. The second-order valence-corrected chi connectivity index (χ2v) is 5.73. The molecule has 0 spiro atoms. The zero-order valence-electron chi connectivity index (χ0n) is 13.2. The number of benzene rings is 3. The zero-order valence-corrected chi connectivity index (χ0v) is 14.0. The number of nitrogens with zero attached hydrogens (tertiary/aromatic N) is 1. The lowest BCUT2D eigenvalue weighted by atomic mass is 10.2. The summed E-state index contributed by atoms with van der Waals surface area (Å²) in [7, 11) is 0. The van der Waals surface area contributed by atoms with Gasteiger partial charge in [-0.15, -0.1) is 0 Å². The molecule has 4 heteroatoms. The van der Waals surface area contributed by atoms with E-state index >= 15 is 0 Å². The number of hydrazone groups is 1. The summed E-state index contributed by atoms with van der Waals surface area (Å²) in [4.78, 5) is 0. The van der Waals surface area contributed by atoms with Gasteiger partial charge in [0.05, 0.1) is 11.9 Å². The Balaban J connectivity index is 1.66. The Kier molecular flexibility index (Phi) is 5.14. The molecule has 0 bridgehead atoms. The fourth-order valence-electron chi connectivity index (χ4n) is 2.13. The predicted octanol–water partition coefficient (Wildman–Crippen LogP) is 5.89. The topological polar surface area (TPSA) is 33.6 Å². The number of hydrogen-bond donors (Lipinski definition) is 1. The summed E-state index contributed by atoms with van der Waals surface area (Å²) in [6.45, 7) is 1.97. The Morgan fingerprint density at radius 2 is 1.71 bits per heavy atom. The number of nitrogens with one attached hydrogen (secondary N) is 1. The van der Waals surface area contributed by atoms with Gasteiger partial charge in [0.15, 0.2) is 0 Å². The Hall–Kier alpha value is -2.78. The van der Waals surface area contributed by atoms with Crippen molar-refractivity contribution in [1.82, 2.24) is 0 Å². The molecule has 24 heavy (non-hydrogen) atoms. The van der Waals surface area contributed by atoms with Gasteiger partial charge in [-0.1, -0.05) is 48.0 Å². The Bertz CT molecular complexity index is 847. The summed E-state index contributed by atoms with van der Waals surface area (Å²) in [6, 6.07) is 23.2. The van der Waals surface area contributed by atoms with Gasteiger partial charge in [0.2, 0.25) is 0 Å². The third kappa shape index (κ3) is 4.37. The summed E-state index contributed by atoms with van der Waals surface area (Å²) < 4.78 is 5.81. The second kappa shape index (κ2) is 7.66. The molecule has 0 aliphatic heterocycles. The average Bonchev–Trinajstić information content (AvgIpc) is 2.59. The summed E-state index contributed by atoms with van der Waals surface area (Å²) in [5, 5.41) is 4.96. The molecule has 0 heterocycles. The van der Waals surface area contributed by atoms with Crippen LogP contribution in [-0.4, -0.2) is 6.21 Å². The molecule has 120 valence electrons. The van der Waals surface area contributed by atoms with E-state index in [9.17, 15) is 0 Å². The van der Waals surface area contributed by atoms with Crippen molar-refractivity contribution in [1.29, 1.82) is 0 Å². The Morgan fingerprint density at radius 1 is 0.917 bits per heavy atom. The van der Waals surface area contributed by atoms with Crippen molar-refractivity contribution in [3.63, 3.8) is 0 Å². The summed E-state index contributed by atoms with van der Waals surface area (Å²) in [6.07, 6.45) is 1.74. The fourth-order valence-corrected chi connectivity index (χ4v) is 2.31. The minimum Gasteiger partial charge on any atom is -0.457 e. The van der Waals surface area contributed by atoms with Crippen LogP contribution in [0.1, 0.15) is 11.1 Å². The number of rotatable bonds is 5. The van der Waals surface area contributed by atoms with Gasteiger partial charge in [-0.3, -0.25) is 5.43 Å². The molecule has 0 aromatic heterocycles. The first-order valence-corrected chi connectivity index (χ1v) is 7.97. The molecule has 3 aromatic rings. The molecule has 0 unspecified atom stereocenters. The minimum atomic E-state index is 0.716. The first-order valence-electron chi connectivity index (χ1n) is 7.59. The van der Waals surface area contributed by atoms with Crippen molar-refractivity contribution in [3.8, 4) is 11.5 Å². The maximum absolute atomic E-state index is 6.10. The molecular formula is C20H17ClN2O. The normalized spacial score (nSPS) is 10.8. The van der Waals surface area contributed by atoms with Gasteiger partial charge in [0, 0.05) is 5.02 Å². The van der Waals surface area contributed by atoms with Gasteiger partial charge in [-0.05, 0) is 54.4 Å². The molecule has 0 saturated carbocycles. The van der Waals surface area contributed by atoms with Crippen LogP contribution in [0.15, 0.2) is 77.9 Å². The molecule has 0 atom stereocenters. The number of anilines is 1. The minimum absolute atomic E-state index is 0.716. The van der Waals surface area contributed by atoms with Crippen LogP contribution in [-0.2, 0) is 0 Å². The van der Waals surface area contributed by atoms with Crippen LogP contribution in [0.25, 0.3) is 0 Å². The number of para-hydroxylation sites is 1. The summed E-state index contributed by atoms with van der Waals surface area (Å²) >= 11 is 6.10. The highest BCUT2D eigenvalue weighted by Gasteiger charge is 1.98. The highest BCUT2D eigenvalue weighted by molar-refractivity contribution is 6.31. The summed E-state index contributed by atoms with van der Waals surface area (Å²) in [5.41, 5.74) is 5.80. The molecule has 3 nitrogen and oxygen atoms in total. The monoisotopic (exact) mass is 336 g/mol. The molecule has 3 aromatic carbocycles. The third-order valence-electron chi connectivity index (χ3n) is 3.42. The Labute approximate surface area is 146 Å². The van der Waals surface area contributed by atoms with Gasteiger partial charge in [-0.2, -0.15) is 5.10 Å². The van der Waals surface area contributed by atoms with E-state index < -0.39 is 0 Å². The molecule has 1 N–H and O–H groups in total. The maximum atomic E-state index is 6.10. The van der Waals surface area contributed by atoms with E-state index in [-0.39, 0.29) is 0 Å².